The minimum absolute atomic E-state index is 0.0402. The number of amides is 4. The molecule has 56 heavy (non-hydrogen) atoms. The number of nitrogens with one attached hydrogen (secondary N) is 5. The summed E-state index contributed by atoms with van der Waals surface area (Å²) in [6.45, 7) is 19.9. The van der Waals surface area contributed by atoms with Crippen LogP contribution in [0.5, 0.6) is 0 Å². The third kappa shape index (κ3) is 13.0. The van der Waals surface area contributed by atoms with Crippen molar-refractivity contribution >= 4 is 24.0 Å². The highest BCUT2D eigenvalue weighted by Crippen LogP contribution is 2.33. The summed E-state index contributed by atoms with van der Waals surface area (Å²) < 4.78 is 8.99. The lowest BCUT2D eigenvalue weighted by Gasteiger charge is -2.32. The molecule has 4 rings (SSSR count). The van der Waals surface area contributed by atoms with Crippen LogP contribution < -0.4 is 21.7 Å². The number of H-pyrrole nitrogens is 2. The Morgan fingerprint density at radius 1 is 0.696 bits per heavy atom. The second kappa shape index (κ2) is 19.3. The van der Waals surface area contributed by atoms with Gasteiger partial charge in [0.1, 0.15) is 17.7 Å². The number of alkyl carbamates (subject to hydrolysis) is 2. The Hall–Kier alpha value is -5.66. The number of primary amides is 1. The van der Waals surface area contributed by atoms with E-state index in [2.05, 4.69) is 135 Å². The Morgan fingerprint density at radius 2 is 1.16 bits per heavy atom. The predicted molar refractivity (Wildman–Crippen MR) is 218 cm³/mol. The molecule has 0 bridgehead atoms. The number of carbonyl (C=O) groups excluding carboxylic acids is 4. The second-order valence-electron chi connectivity index (χ2n) is 16.6. The highest BCUT2D eigenvalue weighted by atomic mass is 16.5. The van der Waals surface area contributed by atoms with Gasteiger partial charge >= 0.3 is 12.2 Å². The molecule has 14 heteroatoms. The van der Waals surface area contributed by atoms with Crippen molar-refractivity contribution in [1.29, 1.82) is 0 Å². The fourth-order valence-corrected chi connectivity index (χ4v) is 5.73. The van der Waals surface area contributed by atoms with Gasteiger partial charge in [0, 0.05) is 12.5 Å². The molecule has 2 aromatic carbocycles. The Kier molecular flexibility index (Phi) is 15.4. The summed E-state index contributed by atoms with van der Waals surface area (Å²) in [5, 5.41) is 8.14. The van der Waals surface area contributed by atoms with Gasteiger partial charge in [-0.2, -0.15) is 0 Å². The zero-order chi connectivity index (χ0) is 42.0. The summed E-state index contributed by atoms with van der Waals surface area (Å²) in [6.07, 6.45) is 3.39. The van der Waals surface area contributed by atoms with E-state index < -0.39 is 36.1 Å². The first-order valence-corrected chi connectivity index (χ1v) is 18.7. The molecular weight excluding hydrogens is 713 g/mol. The third-order valence-corrected chi connectivity index (χ3v) is 9.20. The number of aromatic nitrogens is 4. The molecule has 7 N–H and O–H groups in total. The molecule has 4 atom stereocenters. The second-order valence-corrected chi connectivity index (χ2v) is 16.6. The number of carbonyl (C=O) groups is 4. The molecule has 0 fully saturated rings. The van der Waals surface area contributed by atoms with Crippen molar-refractivity contribution in [3.05, 3.63) is 72.6 Å². The molecule has 4 unspecified atom stereocenters. The molecule has 0 aliphatic rings. The van der Waals surface area contributed by atoms with Crippen molar-refractivity contribution in [2.75, 3.05) is 14.2 Å². The topological polar surface area (TPSA) is 206 Å². The number of rotatable bonds is 12. The molecule has 4 aromatic rings. The Labute approximate surface area is 330 Å². The van der Waals surface area contributed by atoms with E-state index in [1.165, 1.54) is 14.2 Å². The lowest BCUT2D eigenvalue weighted by atomic mass is 9.85. The first-order valence-electron chi connectivity index (χ1n) is 18.7. The smallest absolute Gasteiger partial charge is 0.407 e. The number of ether oxygens (including phenoxy) is 2. The summed E-state index contributed by atoms with van der Waals surface area (Å²) in [4.78, 5) is 62.3. The van der Waals surface area contributed by atoms with Gasteiger partial charge in [0.05, 0.1) is 50.0 Å². The van der Waals surface area contributed by atoms with E-state index in [1.54, 1.807) is 33.9 Å². The largest absolute Gasteiger partial charge is 0.453 e. The molecule has 0 saturated carbocycles. The number of nitrogens with zero attached hydrogens (tertiary/aromatic N) is 2. The van der Waals surface area contributed by atoms with Crippen LogP contribution in [0.25, 0.3) is 33.6 Å². The van der Waals surface area contributed by atoms with Crippen molar-refractivity contribution < 1.29 is 28.7 Å². The van der Waals surface area contributed by atoms with Crippen molar-refractivity contribution in [2.45, 2.75) is 93.8 Å². The van der Waals surface area contributed by atoms with Gasteiger partial charge in [-0.05, 0) is 45.9 Å². The maximum atomic E-state index is 13.1. The van der Waals surface area contributed by atoms with Crippen LogP contribution in [0, 0.1) is 22.7 Å². The summed E-state index contributed by atoms with van der Waals surface area (Å²) >= 11 is 0. The van der Waals surface area contributed by atoms with Crippen LogP contribution >= 0.6 is 0 Å². The minimum atomic E-state index is -0.669. The molecular formula is C42H60N8O6. The fraction of sp³-hybridized carbons (Fsp3) is 0.476. The summed E-state index contributed by atoms with van der Waals surface area (Å²) in [5.74, 6) is 0.422. The van der Waals surface area contributed by atoms with Crippen LogP contribution in [-0.2, 0) is 25.5 Å². The molecule has 0 radical (unpaired) electrons. The number of aromatic amines is 2. The lowest BCUT2D eigenvalue weighted by molar-refractivity contribution is -0.126. The van der Waals surface area contributed by atoms with Gasteiger partial charge in [-0.25, -0.2) is 19.6 Å². The van der Waals surface area contributed by atoms with Crippen molar-refractivity contribution in [2.24, 2.45) is 28.4 Å². The van der Waals surface area contributed by atoms with Crippen LogP contribution in [0.4, 0.5) is 9.59 Å². The highest BCUT2D eigenvalue weighted by molar-refractivity contribution is 5.84. The lowest BCUT2D eigenvalue weighted by Crippen LogP contribution is -2.47. The number of methoxy groups -OCH3 is 2. The molecule has 2 heterocycles. The molecule has 4 amide bonds. The van der Waals surface area contributed by atoms with Gasteiger partial charge in [0.25, 0.3) is 0 Å². The van der Waals surface area contributed by atoms with E-state index in [0.717, 1.165) is 45.9 Å². The van der Waals surface area contributed by atoms with Crippen LogP contribution in [0.3, 0.4) is 0 Å². The molecule has 14 nitrogen and oxygen atoms in total. The maximum absolute atomic E-state index is 13.1. The van der Waals surface area contributed by atoms with Crippen LogP contribution in [0.2, 0.25) is 0 Å². The third-order valence-electron chi connectivity index (χ3n) is 9.20. The van der Waals surface area contributed by atoms with Crippen molar-refractivity contribution in [3.8, 4) is 33.6 Å². The van der Waals surface area contributed by atoms with Gasteiger partial charge in [-0.1, -0.05) is 111 Å². The van der Waals surface area contributed by atoms with E-state index in [9.17, 15) is 19.2 Å². The van der Waals surface area contributed by atoms with Crippen molar-refractivity contribution in [1.82, 2.24) is 35.9 Å². The molecule has 0 saturated heterocycles. The van der Waals surface area contributed by atoms with Gasteiger partial charge in [-0.3, -0.25) is 9.59 Å². The number of benzene rings is 2. The summed E-state index contributed by atoms with van der Waals surface area (Å²) in [7, 11) is 2.53. The van der Waals surface area contributed by atoms with Crippen LogP contribution in [0.1, 0.15) is 86.9 Å². The van der Waals surface area contributed by atoms with E-state index >= 15 is 0 Å². The van der Waals surface area contributed by atoms with Gasteiger partial charge in [0.15, 0.2) is 0 Å². The Bertz CT molecular complexity index is 1900. The molecule has 0 aliphatic heterocycles. The average molecular weight is 773 g/mol. The fourth-order valence-electron chi connectivity index (χ4n) is 5.73. The molecule has 2 aromatic heterocycles. The van der Waals surface area contributed by atoms with Crippen LogP contribution in [-0.4, -0.2) is 70.2 Å². The maximum Gasteiger partial charge on any atom is 0.407 e. The zero-order valence-corrected chi connectivity index (χ0v) is 34.8. The molecule has 0 spiro atoms. The number of hydrogen-bond donors (Lipinski definition) is 6. The first-order chi connectivity index (χ1) is 26.1. The number of nitrogens with two attached hydrogens (primary N) is 1. The van der Waals surface area contributed by atoms with Gasteiger partial charge in [0.2, 0.25) is 11.8 Å². The Morgan fingerprint density at radius 3 is 1.61 bits per heavy atom. The first kappa shape index (κ1) is 44.7. The van der Waals surface area contributed by atoms with E-state index in [4.69, 9.17) is 5.73 Å². The monoisotopic (exact) mass is 772 g/mol. The summed E-state index contributed by atoms with van der Waals surface area (Å²) in [6, 6.07) is 15.4. The Balaban J connectivity index is 0.000000604. The van der Waals surface area contributed by atoms with Gasteiger partial charge in [-0.15, -0.1) is 0 Å². The van der Waals surface area contributed by atoms with E-state index in [1.807, 2.05) is 6.20 Å². The normalized spacial score (nSPS) is 13.7. The standard InChI is InChI=1S/C35H46N6O3.C7H14N2O3/c1-21(22(2)38-33(43)44-9)32(42)41-30(35(6,7)8)31-37-20-28(40-31)26-16-12-24(13-17-26)23-10-14-25(15-11-23)27-19-36-29(39-27)18-34(3,4)5;1-4(2)5(6(8)10)9-7(11)12-3/h10-17,19-22,30H,18H2,1-9H3,(H,36,39)(H,37,40)(H,38,43)(H,41,42);4-5H,1-3H3,(H2,8,10)(H,9,11). The number of hydrogen-bond acceptors (Lipinski definition) is 8. The van der Waals surface area contributed by atoms with Crippen LogP contribution in [0.15, 0.2) is 60.9 Å². The predicted octanol–water partition coefficient (Wildman–Crippen LogP) is 7.16. The number of imidazole rings is 2. The zero-order valence-electron chi connectivity index (χ0n) is 34.8. The quantitative estimate of drug-likeness (QED) is 0.0869. The summed E-state index contributed by atoms with van der Waals surface area (Å²) in [5.41, 5.74) is 11.1. The van der Waals surface area contributed by atoms with E-state index in [-0.39, 0.29) is 28.7 Å². The molecule has 304 valence electrons. The molecule has 0 aliphatic carbocycles. The van der Waals surface area contributed by atoms with Gasteiger partial charge < -0.3 is 41.1 Å². The SMILES string of the molecule is COC(=O)NC(C(N)=O)C(C)C.COC(=O)NC(C)C(C)C(=O)NC(c1ncc(-c2ccc(-c3ccc(-c4cnc(CC(C)(C)C)[nH]4)cc3)cc2)[nH]1)C(C)(C)C. The highest BCUT2D eigenvalue weighted by Gasteiger charge is 2.33. The average Bonchev–Trinajstić information content (AvgIpc) is 3.81. The van der Waals surface area contributed by atoms with E-state index in [0.29, 0.717) is 5.82 Å². The van der Waals surface area contributed by atoms with Crippen molar-refractivity contribution in [3.63, 3.8) is 0 Å². The minimum Gasteiger partial charge on any atom is -0.453 e.